The van der Waals surface area contributed by atoms with Crippen molar-refractivity contribution in [1.82, 2.24) is 19.4 Å². The van der Waals surface area contributed by atoms with Crippen molar-refractivity contribution >= 4 is 0 Å². The SMILES string of the molecule is Cn1cc(CN2CCC3(CCNCC3)C2)c(=O)n(C)c1=O. The number of aryl methyl sites for hydroxylation is 1. The minimum Gasteiger partial charge on any atom is -0.317 e. The van der Waals surface area contributed by atoms with E-state index in [4.69, 9.17) is 0 Å². The van der Waals surface area contributed by atoms with Crippen molar-refractivity contribution in [2.24, 2.45) is 19.5 Å². The van der Waals surface area contributed by atoms with E-state index in [2.05, 4.69) is 10.2 Å². The molecule has 6 nitrogen and oxygen atoms in total. The van der Waals surface area contributed by atoms with E-state index in [1.807, 2.05) is 0 Å². The Bertz CT molecular complexity index is 640. The highest BCUT2D eigenvalue weighted by Crippen LogP contribution is 2.38. The van der Waals surface area contributed by atoms with Crippen LogP contribution >= 0.6 is 0 Å². The average molecular weight is 292 g/mol. The molecule has 2 fully saturated rings. The summed E-state index contributed by atoms with van der Waals surface area (Å²) in [5, 5.41) is 3.42. The standard InChI is InChI=1S/C15H24N4O2/c1-17-9-12(13(20)18(2)14(17)21)10-19-8-5-15(11-19)3-6-16-7-4-15/h9,16H,3-8,10-11H2,1-2H3. The first kappa shape index (κ1) is 14.5. The highest BCUT2D eigenvalue weighted by atomic mass is 16.2. The molecule has 0 bridgehead atoms. The lowest BCUT2D eigenvalue weighted by Crippen LogP contribution is -2.41. The van der Waals surface area contributed by atoms with Gasteiger partial charge in [0.25, 0.3) is 5.56 Å². The maximum atomic E-state index is 12.2. The highest BCUT2D eigenvalue weighted by molar-refractivity contribution is 5.07. The van der Waals surface area contributed by atoms with E-state index in [9.17, 15) is 9.59 Å². The van der Waals surface area contributed by atoms with Crippen molar-refractivity contribution in [3.63, 3.8) is 0 Å². The van der Waals surface area contributed by atoms with Crippen LogP contribution in [0.25, 0.3) is 0 Å². The molecule has 2 aliphatic rings. The molecule has 21 heavy (non-hydrogen) atoms. The summed E-state index contributed by atoms with van der Waals surface area (Å²) in [4.78, 5) is 26.3. The molecular weight excluding hydrogens is 268 g/mol. The Morgan fingerprint density at radius 2 is 1.90 bits per heavy atom. The first-order chi connectivity index (χ1) is 10.0. The molecule has 0 amide bonds. The van der Waals surface area contributed by atoms with Crippen molar-refractivity contribution in [2.75, 3.05) is 26.2 Å². The number of piperidine rings is 1. The Hall–Kier alpha value is -1.40. The number of hydrogen-bond acceptors (Lipinski definition) is 4. The number of likely N-dealkylation sites (tertiary alicyclic amines) is 1. The molecule has 1 N–H and O–H groups in total. The van der Waals surface area contributed by atoms with Gasteiger partial charge in [-0.25, -0.2) is 4.79 Å². The quantitative estimate of drug-likeness (QED) is 0.810. The summed E-state index contributed by atoms with van der Waals surface area (Å²) >= 11 is 0. The third-order valence-electron chi connectivity index (χ3n) is 5.09. The topological polar surface area (TPSA) is 59.3 Å². The maximum absolute atomic E-state index is 12.2. The molecule has 116 valence electrons. The van der Waals surface area contributed by atoms with E-state index in [-0.39, 0.29) is 11.2 Å². The van der Waals surface area contributed by atoms with E-state index >= 15 is 0 Å². The summed E-state index contributed by atoms with van der Waals surface area (Å²) in [6, 6.07) is 0. The number of hydrogen-bond donors (Lipinski definition) is 1. The van der Waals surface area contributed by atoms with Gasteiger partial charge in [0.15, 0.2) is 0 Å². The van der Waals surface area contributed by atoms with Gasteiger partial charge in [-0.1, -0.05) is 0 Å². The van der Waals surface area contributed by atoms with Crippen LogP contribution in [0.5, 0.6) is 0 Å². The van der Waals surface area contributed by atoms with Crippen LogP contribution in [0.3, 0.4) is 0 Å². The Labute approximate surface area is 124 Å². The monoisotopic (exact) mass is 292 g/mol. The average Bonchev–Trinajstić information content (AvgIpc) is 2.86. The molecule has 1 spiro atoms. The largest absolute Gasteiger partial charge is 0.330 e. The highest BCUT2D eigenvalue weighted by Gasteiger charge is 2.38. The van der Waals surface area contributed by atoms with Crippen molar-refractivity contribution in [3.8, 4) is 0 Å². The number of nitrogens with one attached hydrogen (secondary N) is 1. The van der Waals surface area contributed by atoms with Gasteiger partial charge in [0.1, 0.15) is 0 Å². The van der Waals surface area contributed by atoms with Gasteiger partial charge in [0.05, 0.1) is 0 Å². The Balaban J connectivity index is 1.77. The lowest BCUT2D eigenvalue weighted by molar-refractivity contribution is 0.193. The van der Waals surface area contributed by atoms with Gasteiger partial charge < -0.3 is 9.88 Å². The molecule has 0 aromatic carbocycles. The normalized spacial score (nSPS) is 22.0. The minimum absolute atomic E-state index is 0.163. The third kappa shape index (κ3) is 2.70. The van der Waals surface area contributed by atoms with Gasteiger partial charge in [-0.15, -0.1) is 0 Å². The van der Waals surface area contributed by atoms with Crippen molar-refractivity contribution in [1.29, 1.82) is 0 Å². The molecule has 0 radical (unpaired) electrons. The predicted molar refractivity (Wildman–Crippen MR) is 81.4 cm³/mol. The molecule has 0 saturated carbocycles. The number of nitrogens with zero attached hydrogens (tertiary/aromatic N) is 3. The van der Waals surface area contributed by atoms with Gasteiger partial charge in [0.2, 0.25) is 0 Å². The summed E-state index contributed by atoms with van der Waals surface area (Å²) in [6.07, 6.45) is 5.38. The second-order valence-electron chi connectivity index (χ2n) is 6.62. The fourth-order valence-corrected chi connectivity index (χ4v) is 3.76. The van der Waals surface area contributed by atoms with Crippen LogP contribution in [0.4, 0.5) is 0 Å². The van der Waals surface area contributed by atoms with Crippen LogP contribution in [0.2, 0.25) is 0 Å². The molecule has 3 heterocycles. The third-order valence-corrected chi connectivity index (χ3v) is 5.09. The van der Waals surface area contributed by atoms with Crippen molar-refractivity contribution in [3.05, 3.63) is 32.6 Å². The van der Waals surface area contributed by atoms with Crippen molar-refractivity contribution in [2.45, 2.75) is 25.8 Å². The van der Waals surface area contributed by atoms with E-state index in [1.165, 1.54) is 28.4 Å². The second kappa shape index (κ2) is 5.42. The smallest absolute Gasteiger partial charge is 0.317 e. The van der Waals surface area contributed by atoms with E-state index in [0.29, 0.717) is 17.5 Å². The Morgan fingerprint density at radius 1 is 1.19 bits per heavy atom. The fraction of sp³-hybridized carbons (Fsp3) is 0.733. The summed E-state index contributed by atoms with van der Waals surface area (Å²) < 4.78 is 2.69. The minimum atomic E-state index is -0.264. The van der Waals surface area contributed by atoms with Gasteiger partial charge >= 0.3 is 5.69 Å². The maximum Gasteiger partial charge on any atom is 0.330 e. The molecule has 3 rings (SSSR count). The first-order valence-electron chi connectivity index (χ1n) is 7.69. The predicted octanol–water partition coefficient (Wildman–Crippen LogP) is -0.340. The Kier molecular flexibility index (Phi) is 3.75. The summed E-state index contributed by atoms with van der Waals surface area (Å²) in [5.74, 6) is 0. The summed E-state index contributed by atoms with van der Waals surface area (Å²) in [6.45, 7) is 4.98. The lowest BCUT2D eigenvalue weighted by atomic mass is 9.78. The summed E-state index contributed by atoms with van der Waals surface area (Å²) in [5.41, 5.74) is 0.729. The zero-order valence-electron chi connectivity index (χ0n) is 12.9. The molecule has 0 unspecified atom stereocenters. The van der Waals surface area contributed by atoms with Gasteiger partial charge in [-0.2, -0.15) is 0 Å². The van der Waals surface area contributed by atoms with E-state index in [0.717, 1.165) is 26.2 Å². The second-order valence-corrected chi connectivity index (χ2v) is 6.62. The molecular formula is C15H24N4O2. The lowest BCUT2D eigenvalue weighted by Gasteiger charge is -2.33. The molecule has 6 heteroatoms. The summed E-state index contributed by atoms with van der Waals surface area (Å²) in [7, 11) is 3.25. The number of rotatable bonds is 2. The van der Waals surface area contributed by atoms with Crippen LogP contribution in [0.1, 0.15) is 24.8 Å². The van der Waals surface area contributed by atoms with E-state index in [1.54, 1.807) is 20.3 Å². The van der Waals surface area contributed by atoms with Crippen molar-refractivity contribution < 1.29 is 0 Å². The number of aromatic nitrogens is 2. The Morgan fingerprint density at radius 3 is 2.62 bits per heavy atom. The van der Waals surface area contributed by atoms with E-state index < -0.39 is 0 Å². The molecule has 0 atom stereocenters. The van der Waals surface area contributed by atoms with Crippen LogP contribution in [0, 0.1) is 5.41 Å². The zero-order chi connectivity index (χ0) is 15.0. The molecule has 1 aromatic heterocycles. The van der Waals surface area contributed by atoms with Crippen LogP contribution < -0.4 is 16.6 Å². The molecule has 2 saturated heterocycles. The zero-order valence-corrected chi connectivity index (χ0v) is 12.9. The fourth-order valence-electron chi connectivity index (χ4n) is 3.76. The molecule has 2 aliphatic heterocycles. The van der Waals surface area contributed by atoms with Gasteiger partial charge in [0, 0.05) is 38.9 Å². The molecule has 1 aromatic rings. The van der Waals surface area contributed by atoms with Gasteiger partial charge in [-0.3, -0.25) is 14.3 Å². The van der Waals surface area contributed by atoms with Gasteiger partial charge in [-0.05, 0) is 44.3 Å². The van der Waals surface area contributed by atoms with Crippen LogP contribution in [-0.4, -0.2) is 40.2 Å². The van der Waals surface area contributed by atoms with Crippen LogP contribution in [-0.2, 0) is 20.6 Å². The molecule has 0 aliphatic carbocycles. The van der Waals surface area contributed by atoms with Crippen LogP contribution in [0.15, 0.2) is 15.8 Å². The first-order valence-corrected chi connectivity index (χ1v) is 7.69.